The van der Waals surface area contributed by atoms with Gasteiger partial charge in [-0.25, -0.2) is 0 Å². The van der Waals surface area contributed by atoms with Crippen molar-refractivity contribution in [2.24, 2.45) is 18.7 Å². The van der Waals surface area contributed by atoms with Gasteiger partial charge in [-0.05, 0) is 11.6 Å². The molecule has 0 saturated carbocycles. The van der Waals surface area contributed by atoms with Gasteiger partial charge in [0.1, 0.15) is 5.69 Å². The lowest BCUT2D eigenvalue weighted by molar-refractivity contribution is 0.0907. The fourth-order valence-electron chi connectivity index (χ4n) is 1.91. The van der Waals surface area contributed by atoms with Gasteiger partial charge in [0.25, 0.3) is 0 Å². The SMILES string of the molecule is CC(C(=O)c1ccn(C)n1)C(N)c1ccccc1. The number of benzene rings is 1. The molecule has 0 spiro atoms. The minimum absolute atomic E-state index is 0.0213. The minimum atomic E-state index is -0.305. The third-order valence-electron chi connectivity index (χ3n) is 3.10. The molecule has 4 heteroatoms. The molecule has 0 saturated heterocycles. The molecule has 0 aliphatic carbocycles. The molecule has 2 atom stereocenters. The summed E-state index contributed by atoms with van der Waals surface area (Å²) < 4.78 is 1.62. The summed E-state index contributed by atoms with van der Waals surface area (Å²) in [6.45, 7) is 1.84. The Kier molecular flexibility index (Phi) is 3.58. The summed E-state index contributed by atoms with van der Waals surface area (Å²) in [6, 6.07) is 11.1. The Balaban J connectivity index is 2.16. The van der Waals surface area contributed by atoms with Crippen molar-refractivity contribution in [2.45, 2.75) is 13.0 Å². The largest absolute Gasteiger partial charge is 0.323 e. The first kappa shape index (κ1) is 12.5. The molecule has 0 aliphatic rings. The van der Waals surface area contributed by atoms with Crippen LogP contribution in [-0.4, -0.2) is 15.6 Å². The predicted octanol–water partition coefficient (Wildman–Crippen LogP) is 1.94. The second-order valence-electron chi connectivity index (χ2n) is 4.46. The van der Waals surface area contributed by atoms with Crippen LogP contribution in [0.15, 0.2) is 42.6 Å². The van der Waals surface area contributed by atoms with Crippen LogP contribution in [0.4, 0.5) is 0 Å². The number of rotatable bonds is 4. The van der Waals surface area contributed by atoms with Crippen molar-refractivity contribution < 1.29 is 4.79 Å². The van der Waals surface area contributed by atoms with Gasteiger partial charge in [0.05, 0.1) is 0 Å². The quantitative estimate of drug-likeness (QED) is 0.835. The number of nitrogens with two attached hydrogens (primary N) is 1. The summed E-state index contributed by atoms with van der Waals surface area (Å²) in [6.07, 6.45) is 1.76. The van der Waals surface area contributed by atoms with Crippen LogP contribution in [0.1, 0.15) is 29.0 Å². The van der Waals surface area contributed by atoms with Crippen LogP contribution in [0.2, 0.25) is 0 Å². The number of nitrogens with zero attached hydrogens (tertiary/aromatic N) is 2. The summed E-state index contributed by atoms with van der Waals surface area (Å²) in [4.78, 5) is 12.2. The van der Waals surface area contributed by atoms with Crippen LogP contribution in [0.25, 0.3) is 0 Å². The van der Waals surface area contributed by atoms with E-state index in [1.807, 2.05) is 37.3 Å². The lowest BCUT2D eigenvalue weighted by atomic mass is 9.90. The molecule has 2 aromatic rings. The van der Waals surface area contributed by atoms with E-state index in [2.05, 4.69) is 5.10 Å². The highest BCUT2D eigenvalue weighted by Gasteiger charge is 2.24. The zero-order chi connectivity index (χ0) is 13.1. The van der Waals surface area contributed by atoms with Crippen LogP contribution in [-0.2, 0) is 7.05 Å². The van der Waals surface area contributed by atoms with Gasteiger partial charge in [0.15, 0.2) is 5.78 Å². The molecule has 1 aromatic heterocycles. The summed E-state index contributed by atoms with van der Waals surface area (Å²) in [7, 11) is 1.79. The average Bonchev–Trinajstić information content (AvgIpc) is 2.84. The zero-order valence-electron chi connectivity index (χ0n) is 10.6. The van der Waals surface area contributed by atoms with E-state index >= 15 is 0 Å². The average molecular weight is 243 g/mol. The van der Waals surface area contributed by atoms with E-state index in [0.29, 0.717) is 5.69 Å². The van der Waals surface area contributed by atoms with E-state index in [0.717, 1.165) is 5.56 Å². The standard InChI is InChI=1S/C14H17N3O/c1-10(13(15)11-6-4-3-5-7-11)14(18)12-8-9-17(2)16-12/h3-10,13H,15H2,1-2H3. The van der Waals surface area contributed by atoms with Crippen LogP contribution >= 0.6 is 0 Å². The number of carbonyl (C=O) groups is 1. The summed E-state index contributed by atoms with van der Waals surface area (Å²) in [5, 5.41) is 4.12. The van der Waals surface area contributed by atoms with E-state index in [1.165, 1.54) is 0 Å². The summed E-state index contributed by atoms with van der Waals surface area (Å²) in [5.74, 6) is -0.311. The Hall–Kier alpha value is -1.94. The molecule has 0 aliphatic heterocycles. The first-order valence-electron chi connectivity index (χ1n) is 5.94. The molecule has 0 amide bonds. The second-order valence-corrected chi connectivity index (χ2v) is 4.46. The molecule has 1 aromatic carbocycles. The van der Waals surface area contributed by atoms with Crippen molar-refractivity contribution in [1.29, 1.82) is 0 Å². The van der Waals surface area contributed by atoms with Crippen molar-refractivity contribution in [3.63, 3.8) is 0 Å². The number of aryl methyl sites for hydroxylation is 1. The monoisotopic (exact) mass is 243 g/mol. The number of carbonyl (C=O) groups excluding carboxylic acids is 1. The molecule has 2 N–H and O–H groups in total. The highest BCUT2D eigenvalue weighted by atomic mass is 16.1. The Morgan fingerprint density at radius 1 is 1.28 bits per heavy atom. The van der Waals surface area contributed by atoms with Gasteiger partial charge in [0, 0.05) is 25.2 Å². The first-order valence-corrected chi connectivity index (χ1v) is 5.94. The van der Waals surface area contributed by atoms with Crippen LogP contribution in [0.5, 0.6) is 0 Å². The van der Waals surface area contributed by atoms with Crippen LogP contribution < -0.4 is 5.73 Å². The van der Waals surface area contributed by atoms with E-state index in [1.54, 1.807) is 24.0 Å². The molecule has 4 nitrogen and oxygen atoms in total. The highest BCUT2D eigenvalue weighted by Crippen LogP contribution is 2.22. The molecule has 0 bridgehead atoms. The second kappa shape index (κ2) is 5.14. The highest BCUT2D eigenvalue weighted by molar-refractivity contribution is 5.96. The van der Waals surface area contributed by atoms with Gasteiger partial charge in [-0.1, -0.05) is 37.3 Å². The summed E-state index contributed by atoms with van der Waals surface area (Å²) >= 11 is 0. The van der Waals surface area contributed by atoms with Crippen molar-refractivity contribution in [1.82, 2.24) is 9.78 Å². The van der Waals surface area contributed by atoms with E-state index in [4.69, 9.17) is 5.73 Å². The van der Waals surface area contributed by atoms with Gasteiger partial charge in [-0.15, -0.1) is 0 Å². The van der Waals surface area contributed by atoms with Crippen molar-refractivity contribution in [2.75, 3.05) is 0 Å². The third-order valence-corrected chi connectivity index (χ3v) is 3.10. The molecule has 94 valence electrons. The molecule has 2 unspecified atom stereocenters. The Labute approximate surface area is 106 Å². The molecular weight excluding hydrogens is 226 g/mol. The van der Waals surface area contributed by atoms with Gasteiger partial charge in [0.2, 0.25) is 0 Å². The maximum absolute atomic E-state index is 12.2. The van der Waals surface area contributed by atoms with E-state index in [-0.39, 0.29) is 17.7 Å². The number of hydrogen-bond donors (Lipinski definition) is 1. The topological polar surface area (TPSA) is 60.9 Å². The molecule has 2 rings (SSSR count). The Morgan fingerprint density at radius 3 is 2.50 bits per heavy atom. The lowest BCUT2D eigenvalue weighted by Crippen LogP contribution is -2.26. The van der Waals surface area contributed by atoms with Gasteiger partial charge >= 0.3 is 0 Å². The van der Waals surface area contributed by atoms with Crippen LogP contribution in [0.3, 0.4) is 0 Å². The molecule has 0 fully saturated rings. The molecule has 0 radical (unpaired) electrons. The van der Waals surface area contributed by atoms with Crippen molar-refractivity contribution >= 4 is 5.78 Å². The molecular formula is C14H17N3O. The fourth-order valence-corrected chi connectivity index (χ4v) is 1.91. The maximum atomic E-state index is 12.2. The van der Waals surface area contributed by atoms with Gasteiger partial charge in [-0.3, -0.25) is 9.48 Å². The van der Waals surface area contributed by atoms with Gasteiger partial charge in [-0.2, -0.15) is 5.10 Å². The Bertz CT molecular complexity index is 533. The van der Waals surface area contributed by atoms with E-state index < -0.39 is 0 Å². The first-order chi connectivity index (χ1) is 8.59. The number of hydrogen-bond acceptors (Lipinski definition) is 3. The third kappa shape index (κ3) is 2.49. The maximum Gasteiger partial charge on any atom is 0.187 e. The minimum Gasteiger partial charge on any atom is -0.323 e. The number of ketones is 1. The van der Waals surface area contributed by atoms with Crippen molar-refractivity contribution in [3.05, 3.63) is 53.9 Å². The number of aromatic nitrogens is 2. The van der Waals surface area contributed by atoms with Crippen molar-refractivity contribution in [3.8, 4) is 0 Å². The fraction of sp³-hybridized carbons (Fsp3) is 0.286. The zero-order valence-corrected chi connectivity index (χ0v) is 10.6. The van der Waals surface area contributed by atoms with E-state index in [9.17, 15) is 4.79 Å². The normalized spacial score (nSPS) is 14.2. The van der Waals surface area contributed by atoms with Gasteiger partial charge < -0.3 is 5.73 Å². The predicted molar refractivity (Wildman–Crippen MR) is 70.1 cm³/mol. The summed E-state index contributed by atoms with van der Waals surface area (Å²) in [5.41, 5.74) is 7.56. The molecule has 18 heavy (non-hydrogen) atoms. The molecule has 1 heterocycles. The Morgan fingerprint density at radius 2 is 1.94 bits per heavy atom. The lowest BCUT2D eigenvalue weighted by Gasteiger charge is -2.18. The smallest absolute Gasteiger partial charge is 0.187 e. The number of Topliss-reactive ketones (excluding diaryl/α,β-unsaturated/α-hetero) is 1. The van der Waals surface area contributed by atoms with Crippen LogP contribution in [0, 0.1) is 5.92 Å².